The first kappa shape index (κ1) is 13.1. The number of aliphatic hydroxyl groups excluding tert-OH is 2. The third-order valence-corrected chi connectivity index (χ3v) is 4.14. The predicted octanol–water partition coefficient (Wildman–Crippen LogP) is -0.155. The average molecular weight is 240 g/mol. The number of allylic oxidation sites excluding steroid dienone is 2. The molecule has 2 aliphatic rings. The fourth-order valence-corrected chi connectivity index (χ4v) is 3.59. The second-order valence-electron chi connectivity index (χ2n) is 6.10. The molecule has 0 unspecified atom stereocenters. The van der Waals surface area contributed by atoms with Crippen molar-refractivity contribution in [2.75, 3.05) is 19.6 Å². The van der Waals surface area contributed by atoms with E-state index in [2.05, 4.69) is 12.2 Å². The van der Waals surface area contributed by atoms with Gasteiger partial charge in [0.15, 0.2) is 0 Å². The zero-order valence-corrected chi connectivity index (χ0v) is 11.0. The number of fused-ring (bicyclic) bond motifs is 2. The molecule has 3 heteroatoms. The van der Waals surface area contributed by atoms with Gasteiger partial charge in [-0.05, 0) is 38.5 Å². The lowest BCUT2D eigenvalue weighted by Crippen LogP contribution is -3.14. The van der Waals surface area contributed by atoms with Gasteiger partial charge < -0.3 is 15.1 Å². The number of hydrogen-bond acceptors (Lipinski definition) is 2. The summed E-state index contributed by atoms with van der Waals surface area (Å²) in [6, 6.07) is 0. The van der Waals surface area contributed by atoms with Crippen LogP contribution in [0.15, 0.2) is 12.2 Å². The first-order valence-corrected chi connectivity index (χ1v) is 6.92. The summed E-state index contributed by atoms with van der Waals surface area (Å²) in [5.41, 5.74) is 0. The van der Waals surface area contributed by atoms with E-state index in [9.17, 15) is 10.2 Å². The topological polar surface area (TPSA) is 44.9 Å². The van der Waals surface area contributed by atoms with Crippen LogP contribution < -0.4 is 4.90 Å². The van der Waals surface area contributed by atoms with Crippen molar-refractivity contribution in [1.29, 1.82) is 0 Å². The van der Waals surface area contributed by atoms with E-state index in [4.69, 9.17) is 0 Å². The molecule has 0 aliphatic heterocycles. The van der Waals surface area contributed by atoms with Gasteiger partial charge in [-0.25, -0.2) is 0 Å². The van der Waals surface area contributed by atoms with Gasteiger partial charge in [0.2, 0.25) is 0 Å². The highest BCUT2D eigenvalue weighted by Gasteiger charge is 2.37. The van der Waals surface area contributed by atoms with Crippen molar-refractivity contribution in [3.63, 3.8) is 0 Å². The summed E-state index contributed by atoms with van der Waals surface area (Å²) in [5.74, 6) is 2.33. The van der Waals surface area contributed by atoms with Gasteiger partial charge in [-0.2, -0.15) is 0 Å². The third-order valence-electron chi connectivity index (χ3n) is 4.14. The number of rotatable bonds is 6. The third kappa shape index (κ3) is 3.54. The minimum Gasteiger partial charge on any atom is -0.388 e. The Hall–Kier alpha value is -0.380. The summed E-state index contributed by atoms with van der Waals surface area (Å²) < 4.78 is 0. The maximum atomic E-state index is 9.53. The van der Waals surface area contributed by atoms with E-state index < -0.39 is 0 Å². The number of nitrogens with one attached hydrogen (secondary N) is 1. The van der Waals surface area contributed by atoms with E-state index in [1.807, 2.05) is 13.8 Å². The fraction of sp³-hybridized carbons (Fsp3) is 0.857. The largest absolute Gasteiger partial charge is 0.388 e. The number of quaternary nitrogens is 1. The Kier molecular flexibility index (Phi) is 4.23. The van der Waals surface area contributed by atoms with E-state index in [-0.39, 0.29) is 12.2 Å². The van der Waals surface area contributed by atoms with Crippen molar-refractivity contribution in [3.8, 4) is 0 Å². The van der Waals surface area contributed by atoms with E-state index in [0.717, 1.165) is 37.4 Å². The Labute approximate surface area is 104 Å². The molecule has 0 saturated heterocycles. The van der Waals surface area contributed by atoms with Crippen LogP contribution in [0.3, 0.4) is 0 Å². The van der Waals surface area contributed by atoms with Crippen molar-refractivity contribution < 1.29 is 15.1 Å². The molecule has 3 N–H and O–H groups in total. The normalized spacial score (nSPS) is 34.5. The van der Waals surface area contributed by atoms with Crippen LogP contribution in [0.1, 0.15) is 26.7 Å². The molecule has 0 radical (unpaired) electrons. The summed E-state index contributed by atoms with van der Waals surface area (Å²) >= 11 is 0. The van der Waals surface area contributed by atoms with E-state index in [1.165, 1.54) is 17.7 Å². The number of hydrogen-bond donors (Lipinski definition) is 3. The van der Waals surface area contributed by atoms with Gasteiger partial charge in [0, 0.05) is 5.92 Å². The summed E-state index contributed by atoms with van der Waals surface area (Å²) in [6.07, 6.45) is 6.83. The second kappa shape index (κ2) is 5.51. The summed E-state index contributed by atoms with van der Waals surface area (Å²) in [4.78, 5) is 1.35. The Morgan fingerprint density at radius 1 is 1.12 bits per heavy atom. The Morgan fingerprint density at radius 2 is 1.76 bits per heavy atom. The molecule has 0 spiro atoms. The molecule has 1 saturated carbocycles. The molecule has 17 heavy (non-hydrogen) atoms. The van der Waals surface area contributed by atoms with Crippen LogP contribution >= 0.6 is 0 Å². The van der Waals surface area contributed by atoms with Crippen LogP contribution in [0.5, 0.6) is 0 Å². The molecule has 0 amide bonds. The first-order chi connectivity index (χ1) is 8.04. The van der Waals surface area contributed by atoms with E-state index >= 15 is 0 Å². The van der Waals surface area contributed by atoms with Crippen molar-refractivity contribution in [2.45, 2.75) is 38.9 Å². The van der Waals surface area contributed by atoms with Crippen molar-refractivity contribution in [2.24, 2.45) is 17.8 Å². The Bertz CT molecular complexity index is 265. The minimum atomic E-state index is -0.280. The maximum Gasteiger partial charge on any atom is 0.103 e. The van der Waals surface area contributed by atoms with Crippen LogP contribution in [-0.4, -0.2) is 42.1 Å². The molecule has 2 rings (SSSR count). The van der Waals surface area contributed by atoms with Crippen LogP contribution in [0, 0.1) is 17.8 Å². The molecule has 98 valence electrons. The highest BCUT2D eigenvalue weighted by Crippen LogP contribution is 2.42. The lowest BCUT2D eigenvalue weighted by Gasteiger charge is -2.27. The van der Waals surface area contributed by atoms with Gasteiger partial charge in [0.1, 0.15) is 25.3 Å². The van der Waals surface area contributed by atoms with E-state index in [0.29, 0.717) is 0 Å². The van der Waals surface area contributed by atoms with E-state index in [1.54, 1.807) is 0 Å². The molecule has 0 aromatic heterocycles. The first-order valence-electron chi connectivity index (χ1n) is 6.92. The van der Waals surface area contributed by atoms with Gasteiger partial charge >= 0.3 is 0 Å². The average Bonchev–Trinajstić information content (AvgIpc) is 2.76. The lowest BCUT2D eigenvalue weighted by atomic mass is 9.93. The van der Waals surface area contributed by atoms with Crippen LogP contribution in [-0.2, 0) is 0 Å². The Balaban J connectivity index is 1.86. The van der Waals surface area contributed by atoms with Gasteiger partial charge in [-0.1, -0.05) is 12.2 Å². The zero-order valence-electron chi connectivity index (χ0n) is 11.0. The minimum absolute atomic E-state index is 0.280. The van der Waals surface area contributed by atoms with Gasteiger partial charge in [-0.3, -0.25) is 0 Å². The second-order valence-corrected chi connectivity index (χ2v) is 6.10. The maximum absolute atomic E-state index is 9.53. The lowest BCUT2D eigenvalue weighted by molar-refractivity contribution is -0.909. The standard InChI is InChI=1S/C14H25NO2/c1-10(16)7-15(8-11(2)17)9-14-6-12-3-4-13(14)5-12/h3-4,10-14,16-17H,5-9H2,1-2H3/p+1/t10-,11-,12-,13+,14+/m1/s1. The fourth-order valence-electron chi connectivity index (χ4n) is 3.59. The molecule has 2 aliphatic carbocycles. The predicted molar refractivity (Wildman–Crippen MR) is 67.8 cm³/mol. The SMILES string of the molecule is C[C@@H](O)C[NH+](C[C@@H]1C[C@@H]2C=C[C@H]1C2)C[C@@H](C)O. The van der Waals surface area contributed by atoms with Crippen molar-refractivity contribution in [3.05, 3.63) is 12.2 Å². The highest BCUT2D eigenvalue weighted by atomic mass is 16.3. The summed E-state index contributed by atoms with van der Waals surface area (Å²) in [7, 11) is 0. The molecule has 2 bridgehead atoms. The monoisotopic (exact) mass is 240 g/mol. The summed E-state index contributed by atoms with van der Waals surface area (Å²) in [6.45, 7) is 6.28. The highest BCUT2D eigenvalue weighted by molar-refractivity contribution is 5.09. The van der Waals surface area contributed by atoms with Crippen LogP contribution in [0.25, 0.3) is 0 Å². The van der Waals surface area contributed by atoms with Gasteiger partial charge in [0.05, 0.1) is 6.54 Å². The quantitative estimate of drug-likeness (QED) is 0.565. The van der Waals surface area contributed by atoms with Crippen molar-refractivity contribution in [1.82, 2.24) is 0 Å². The molecule has 1 fully saturated rings. The van der Waals surface area contributed by atoms with Crippen LogP contribution in [0.2, 0.25) is 0 Å². The summed E-state index contributed by atoms with van der Waals surface area (Å²) in [5, 5.41) is 19.1. The molecular formula is C14H26NO2+. The zero-order chi connectivity index (χ0) is 12.4. The van der Waals surface area contributed by atoms with Crippen LogP contribution in [0.4, 0.5) is 0 Å². The molecule has 3 nitrogen and oxygen atoms in total. The molecule has 0 aromatic carbocycles. The van der Waals surface area contributed by atoms with Gasteiger partial charge in [-0.15, -0.1) is 0 Å². The molecular weight excluding hydrogens is 214 g/mol. The van der Waals surface area contributed by atoms with Crippen molar-refractivity contribution >= 4 is 0 Å². The smallest absolute Gasteiger partial charge is 0.103 e. The molecule has 0 heterocycles. The molecule has 5 atom stereocenters. The van der Waals surface area contributed by atoms with Gasteiger partial charge in [0.25, 0.3) is 0 Å². The number of aliphatic hydroxyl groups is 2. The Morgan fingerprint density at radius 3 is 2.18 bits per heavy atom. The molecule has 0 aromatic rings.